The van der Waals surface area contributed by atoms with Crippen LogP contribution in [-0.2, 0) is 0 Å². The van der Waals surface area contributed by atoms with Crippen molar-refractivity contribution in [3.8, 4) is 11.1 Å². The fourth-order valence-corrected chi connectivity index (χ4v) is 4.50. The van der Waals surface area contributed by atoms with Gasteiger partial charge in [-0.25, -0.2) is 0 Å². The molecule has 0 unspecified atom stereocenters. The van der Waals surface area contributed by atoms with Crippen molar-refractivity contribution in [2.24, 2.45) is 0 Å². The highest BCUT2D eigenvalue weighted by molar-refractivity contribution is 7.18. The average Bonchev–Trinajstić information content (AvgIpc) is 3.31. The van der Waals surface area contributed by atoms with E-state index in [4.69, 9.17) is 0 Å². The van der Waals surface area contributed by atoms with Gasteiger partial charge in [0.2, 0.25) is 0 Å². The van der Waals surface area contributed by atoms with Crippen LogP contribution in [0.2, 0.25) is 0 Å². The highest BCUT2D eigenvalue weighted by Crippen LogP contribution is 2.29. The van der Waals surface area contributed by atoms with Crippen molar-refractivity contribution in [1.29, 1.82) is 0 Å². The Kier molecular flexibility index (Phi) is 8.14. The normalized spacial score (nSPS) is 10.8. The number of carbonyl (C=O) groups excluding carboxylic acids is 1. The van der Waals surface area contributed by atoms with Crippen molar-refractivity contribution in [2.75, 3.05) is 26.2 Å². The second kappa shape index (κ2) is 11.0. The van der Waals surface area contributed by atoms with Crippen LogP contribution in [0.1, 0.15) is 38.1 Å². The van der Waals surface area contributed by atoms with Crippen molar-refractivity contribution in [3.63, 3.8) is 0 Å². The summed E-state index contributed by atoms with van der Waals surface area (Å²) in [6.07, 6.45) is 1.68. The Bertz CT molecular complexity index is 1240. The van der Waals surface area contributed by atoms with Gasteiger partial charge >= 0.3 is 0 Å². The van der Waals surface area contributed by atoms with Gasteiger partial charge in [0.25, 0.3) is 11.5 Å². The summed E-state index contributed by atoms with van der Waals surface area (Å²) < 4.78 is 2.27. The SMILES string of the molecule is CCN(CC)C(=O)c1cc(-c2ccccc2)c(=O)n2ncc3ccsc3c12.CCNCC. The molecule has 1 N–H and O–H groups in total. The number of hydrogen-bond acceptors (Lipinski definition) is 5. The van der Waals surface area contributed by atoms with E-state index in [-0.39, 0.29) is 11.5 Å². The highest BCUT2D eigenvalue weighted by atomic mass is 32.1. The molecule has 0 spiro atoms. The van der Waals surface area contributed by atoms with Gasteiger partial charge in [0.05, 0.1) is 22.0 Å². The van der Waals surface area contributed by atoms with Crippen LogP contribution in [0, 0.1) is 0 Å². The lowest BCUT2D eigenvalue weighted by Crippen LogP contribution is -2.32. The Hall–Kier alpha value is -3.03. The molecule has 0 bridgehead atoms. The smallest absolute Gasteiger partial charge is 0.279 e. The molecular formula is C25H30N4O2S. The van der Waals surface area contributed by atoms with Crippen LogP contribution < -0.4 is 10.9 Å². The molecular weight excluding hydrogens is 420 g/mol. The van der Waals surface area contributed by atoms with Gasteiger partial charge in [-0.2, -0.15) is 9.61 Å². The topological polar surface area (TPSA) is 66.7 Å². The lowest BCUT2D eigenvalue weighted by Gasteiger charge is -2.20. The molecule has 4 rings (SSSR count). The molecule has 7 heteroatoms. The summed E-state index contributed by atoms with van der Waals surface area (Å²) >= 11 is 1.52. The summed E-state index contributed by atoms with van der Waals surface area (Å²) in [5.74, 6) is -0.0858. The molecule has 0 fully saturated rings. The number of pyridine rings is 1. The Morgan fingerprint density at radius 1 is 1.06 bits per heavy atom. The molecule has 3 aromatic heterocycles. The van der Waals surface area contributed by atoms with Crippen LogP contribution in [0.5, 0.6) is 0 Å². The monoisotopic (exact) mass is 450 g/mol. The zero-order chi connectivity index (χ0) is 23.1. The fraction of sp³-hybridized carbons (Fsp3) is 0.320. The number of amides is 1. The number of carbonyl (C=O) groups is 1. The summed E-state index contributed by atoms with van der Waals surface area (Å²) in [6, 6.07) is 13.1. The number of benzene rings is 1. The maximum absolute atomic E-state index is 13.3. The lowest BCUT2D eigenvalue weighted by atomic mass is 10.0. The quantitative estimate of drug-likeness (QED) is 0.463. The van der Waals surface area contributed by atoms with E-state index >= 15 is 0 Å². The first-order chi connectivity index (χ1) is 15.6. The number of nitrogens with zero attached hydrogens (tertiary/aromatic N) is 3. The molecule has 0 aliphatic heterocycles. The fourth-order valence-electron chi connectivity index (χ4n) is 3.58. The van der Waals surface area contributed by atoms with E-state index in [2.05, 4.69) is 24.3 Å². The van der Waals surface area contributed by atoms with Crippen molar-refractivity contribution < 1.29 is 4.79 Å². The van der Waals surface area contributed by atoms with Gasteiger partial charge in [0.15, 0.2) is 0 Å². The zero-order valence-corrected chi connectivity index (χ0v) is 19.9. The predicted octanol–water partition coefficient (Wildman–Crippen LogP) is 4.67. The van der Waals surface area contributed by atoms with Crippen molar-refractivity contribution in [2.45, 2.75) is 27.7 Å². The van der Waals surface area contributed by atoms with E-state index < -0.39 is 0 Å². The second-order valence-electron chi connectivity index (χ2n) is 7.19. The first kappa shape index (κ1) is 23.6. The third-order valence-electron chi connectivity index (χ3n) is 5.27. The van der Waals surface area contributed by atoms with Crippen molar-refractivity contribution >= 4 is 32.8 Å². The van der Waals surface area contributed by atoms with Gasteiger partial charge in [0.1, 0.15) is 0 Å². The highest BCUT2D eigenvalue weighted by Gasteiger charge is 2.22. The van der Waals surface area contributed by atoms with Gasteiger partial charge in [-0.15, -0.1) is 11.3 Å². The Balaban J connectivity index is 0.000000523. The summed E-state index contributed by atoms with van der Waals surface area (Å²) in [6.45, 7) is 11.5. The molecule has 0 aliphatic carbocycles. The largest absolute Gasteiger partial charge is 0.339 e. The van der Waals surface area contributed by atoms with Crippen LogP contribution >= 0.6 is 11.3 Å². The minimum absolute atomic E-state index is 0.0858. The van der Waals surface area contributed by atoms with Gasteiger partial charge in [0, 0.05) is 24.0 Å². The van der Waals surface area contributed by atoms with Gasteiger partial charge in [-0.3, -0.25) is 9.59 Å². The van der Waals surface area contributed by atoms with Crippen molar-refractivity contribution in [3.05, 3.63) is 70.0 Å². The van der Waals surface area contributed by atoms with Crippen molar-refractivity contribution in [1.82, 2.24) is 19.8 Å². The molecule has 0 aliphatic rings. The number of hydrogen-bond donors (Lipinski definition) is 1. The standard InChI is InChI=1S/C21H19N3O2S.C4H11N/c1-3-23(4-2)20(25)17-12-16(14-8-6-5-7-9-14)21(26)24-18(17)19-15(13-22-24)10-11-27-19;1-3-5-4-2/h5-13H,3-4H2,1-2H3;5H,3-4H2,1-2H3. The molecule has 4 aromatic rings. The Labute approximate surface area is 192 Å². The van der Waals surface area contributed by atoms with E-state index in [1.807, 2.05) is 55.6 Å². The molecule has 1 amide bonds. The van der Waals surface area contributed by atoms with E-state index in [1.54, 1.807) is 17.2 Å². The van der Waals surface area contributed by atoms with E-state index in [1.165, 1.54) is 15.9 Å². The maximum Gasteiger partial charge on any atom is 0.279 e. The van der Waals surface area contributed by atoms with Gasteiger partial charge in [-0.05, 0) is 50.0 Å². The molecule has 32 heavy (non-hydrogen) atoms. The molecule has 0 saturated heterocycles. The third-order valence-corrected chi connectivity index (χ3v) is 6.20. The predicted molar refractivity (Wildman–Crippen MR) is 134 cm³/mol. The first-order valence-corrected chi connectivity index (χ1v) is 11.9. The van der Waals surface area contributed by atoms with Crippen LogP contribution in [0.3, 0.4) is 0 Å². The second-order valence-corrected chi connectivity index (χ2v) is 8.10. The Morgan fingerprint density at radius 3 is 2.34 bits per heavy atom. The summed E-state index contributed by atoms with van der Waals surface area (Å²) in [5, 5.41) is 10.4. The number of aromatic nitrogens is 2. The van der Waals surface area contributed by atoms with Gasteiger partial charge in [-0.1, -0.05) is 44.2 Å². The van der Waals surface area contributed by atoms with Crippen LogP contribution in [0.4, 0.5) is 0 Å². The van der Waals surface area contributed by atoms with E-state index in [0.717, 1.165) is 28.7 Å². The van der Waals surface area contributed by atoms with Crippen LogP contribution in [-0.4, -0.2) is 46.6 Å². The molecule has 0 atom stereocenters. The molecule has 0 saturated carbocycles. The molecule has 0 radical (unpaired) electrons. The van der Waals surface area contributed by atoms with E-state index in [0.29, 0.717) is 29.7 Å². The number of thiophene rings is 1. The summed E-state index contributed by atoms with van der Waals surface area (Å²) in [5.41, 5.74) is 2.13. The average molecular weight is 451 g/mol. The molecule has 3 heterocycles. The summed E-state index contributed by atoms with van der Waals surface area (Å²) in [4.78, 5) is 28.2. The number of nitrogens with one attached hydrogen (secondary N) is 1. The molecule has 6 nitrogen and oxygen atoms in total. The third kappa shape index (κ3) is 4.74. The molecule has 1 aromatic carbocycles. The number of rotatable bonds is 6. The molecule has 168 valence electrons. The van der Waals surface area contributed by atoms with E-state index in [9.17, 15) is 9.59 Å². The van der Waals surface area contributed by atoms with Gasteiger partial charge < -0.3 is 10.2 Å². The minimum Gasteiger partial charge on any atom is -0.339 e. The van der Waals surface area contributed by atoms with Crippen LogP contribution in [0.15, 0.2) is 58.8 Å². The number of fused-ring (bicyclic) bond motifs is 3. The minimum atomic E-state index is -0.220. The first-order valence-electron chi connectivity index (χ1n) is 11.0. The summed E-state index contributed by atoms with van der Waals surface area (Å²) in [7, 11) is 0. The lowest BCUT2D eigenvalue weighted by molar-refractivity contribution is 0.0774. The Morgan fingerprint density at radius 2 is 1.75 bits per heavy atom. The van der Waals surface area contributed by atoms with Crippen LogP contribution in [0.25, 0.3) is 26.7 Å². The maximum atomic E-state index is 13.3. The zero-order valence-electron chi connectivity index (χ0n) is 19.1.